The molecule has 2 rings (SSSR count). The Morgan fingerprint density at radius 3 is 2.70 bits per heavy atom. The molecule has 2 atom stereocenters. The first kappa shape index (κ1) is 5.77. The average Bonchev–Trinajstić information content (AvgIpc) is 2.53. The average molecular weight is 139 g/mol. The molecule has 10 heavy (non-hydrogen) atoms. The van der Waals surface area contributed by atoms with Gasteiger partial charge in [0.1, 0.15) is 12.1 Å². The molecule has 0 radical (unpaired) electrons. The molecule has 1 amide bonds. The zero-order valence-corrected chi connectivity index (χ0v) is 6.00. The summed E-state index contributed by atoms with van der Waals surface area (Å²) in [6.07, 6.45) is 1.82. The first-order chi connectivity index (χ1) is 4.75. The predicted octanol–water partition coefficient (Wildman–Crippen LogP) is 1.11. The maximum atomic E-state index is 10.9. The third kappa shape index (κ3) is 0.478. The van der Waals surface area contributed by atoms with E-state index < -0.39 is 0 Å². The van der Waals surface area contributed by atoms with Crippen LogP contribution in [0.3, 0.4) is 0 Å². The van der Waals surface area contributed by atoms with Gasteiger partial charge in [-0.05, 0) is 13.8 Å². The van der Waals surface area contributed by atoms with Gasteiger partial charge in [0.2, 0.25) is 0 Å². The van der Waals surface area contributed by atoms with E-state index in [0.717, 1.165) is 5.70 Å². The standard InChI is InChI=1S/C7H9NO2/c1-3-5-6-4(2)10-7(9)8(5)6/h3-4,6H,1-2H3/b5-3-/t4?,6-,8?/m0/s1. The summed E-state index contributed by atoms with van der Waals surface area (Å²) in [6.45, 7) is 3.85. The fraction of sp³-hybridized carbons (Fsp3) is 0.571. The molecule has 1 unspecified atom stereocenters. The fourth-order valence-corrected chi connectivity index (χ4v) is 1.49. The summed E-state index contributed by atoms with van der Waals surface area (Å²) < 4.78 is 4.90. The second-order valence-corrected chi connectivity index (χ2v) is 2.62. The molecule has 0 aliphatic carbocycles. The van der Waals surface area contributed by atoms with E-state index in [-0.39, 0.29) is 18.2 Å². The molecule has 0 bridgehead atoms. The molecule has 0 aromatic heterocycles. The molecule has 0 N–H and O–H groups in total. The smallest absolute Gasteiger partial charge is 0.415 e. The Balaban J connectivity index is 2.25. The van der Waals surface area contributed by atoms with Gasteiger partial charge in [-0.15, -0.1) is 0 Å². The van der Waals surface area contributed by atoms with Crippen molar-refractivity contribution in [1.29, 1.82) is 0 Å². The first-order valence-electron chi connectivity index (χ1n) is 3.41. The Bertz CT molecular complexity index is 222. The van der Waals surface area contributed by atoms with Gasteiger partial charge in [0.15, 0.2) is 0 Å². The van der Waals surface area contributed by atoms with Gasteiger partial charge in [0, 0.05) is 5.70 Å². The number of carbonyl (C=O) groups is 1. The summed E-state index contributed by atoms with van der Waals surface area (Å²) in [4.78, 5) is 12.5. The Morgan fingerprint density at radius 2 is 2.40 bits per heavy atom. The zero-order valence-electron chi connectivity index (χ0n) is 6.00. The van der Waals surface area contributed by atoms with E-state index in [1.54, 1.807) is 4.90 Å². The molecule has 2 aliphatic rings. The van der Waals surface area contributed by atoms with Crippen LogP contribution >= 0.6 is 0 Å². The SMILES string of the molecule is C/C=C1/[C@@H]2C(C)OC(=O)N12. The van der Waals surface area contributed by atoms with Crippen molar-refractivity contribution < 1.29 is 9.53 Å². The van der Waals surface area contributed by atoms with Crippen LogP contribution in [0.5, 0.6) is 0 Å². The van der Waals surface area contributed by atoms with Crippen LogP contribution in [0.1, 0.15) is 13.8 Å². The van der Waals surface area contributed by atoms with Crippen LogP contribution in [-0.2, 0) is 4.74 Å². The fourth-order valence-electron chi connectivity index (χ4n) is 1.49. The highest BCUT2D eigenvalue weighted by molar-refractivity contribution is 5.80. The van der Waals surface area contributed by atoms with Gasteiger partial charge < -0.3 is 4.74 Å². The lowest BCUT2D eigenvalue weighted by atomic mass is 10.3. The van der Waals surface area contributed by atoms with Crippen LogP contribution in [0.2, 0.25) is 0 Å². The summed E-state index contributed by atoms with van der Waals surface area (Å²) in [5, 5.41) is 0. The number of cyclic esters (lactones) is 1. The summed E-state index contributed by atoms with van der Waals surface area (Å²) in [5.74, 6) is 0. The second-order valence-electron chi connectivity index (χ2n) is 2.62. The van der Waals surface area contributed by atoms with Gasteiger partial charge in [0.25, 0.3) is 0 Å². The summed E-state index contributed by atoms with van der Waals surface area (Å²) >= 11 is 0. The van der Waals surface area contributed by atoms with E-state index in [0.29, 0.717) is 0 Å². The maximum Gasteiger partial charge on any atom is 0.415 e. The number of carbonyl (C=O) groups excluding carboxylic acids is 1. The van der Waals surface area contributed by atoms with E-state index in [4.69, 9.17) is 4.74 Å². The number of hydrogen-bond donors (Lipinski definition) is 0. The Hall–Kier alpha value is -0.990. The number of ether oxygens (including phenoxy) is 1. The van der Waals surface area contributed by atoms with Crippen LogP contribution < -0.4 is 0 Å². The molecular weight excluding hydrogens is 130 g/mol. The molecule has 3 nitrogen and oxygen atoms in total. The first-order valence-corrected chi connectivity index (χ1v) is 3.41. The van der Waals surface area contributed by atoms with Crippen molar-refractivity contribution in [3.05, 3.63) is 11.8 Å². The van der Waals surface area contributed by atoms with Crippen molar-refractivity contribution >= 4 is 6.09 Å². The van der Waals surface area contributed by atoms with Crippen molar-refractivity contribution in [1.82, 2.24) is 4.90 Å². The van der Waals surface area contributed by atoms with Crippen molar-refractivity contribution in [2.45, 2.75) is 26.0 Å². The van der Waals surface area contributed by atoms with Gasteiger partial charge in [-0.3, -0.25) is 4.90 Å². The van der Waals surface area contributed by atoms with E-state index in [1.165, 1.54) is 0 Å². The molecular formula is C7H9NO2. The van der Waals surface area contributed by atoms with Crippen molar-refractivity contribution in [2.24, 2.45) is 0 Å². The number of allylic oxidation sites excluding steroid dienone is 1. The third-order valence-corrected chi connectivity index (χ3v) is 2.02. The quantitative estimate of drug-likeness (QED) is 0.470. The van der Waals surface area contributed by atoms with Crippen LogP contribution in [0.15, 0.2) is 11.8 Å². The second kappa shape index (κ2) is 1.54. The summed E-state index contributed by atoms with van der Waals surface area (Å²) in [6, 6.07) is 0.262. The summed E-state index contributed by atoms with van der Waals surface area (Å²) in [5.41, 5.74) is 1.11. The minimum Gasteiger partial charge on any atom is -0.443 e. The van der Waals surface area contributed by atoms with Gasteiger partial charge in [-0.25, -0.2) is 4.79 Å². The lowest BCUT2D eigenvalue weighted by Gasteiger charge is -2.01. The molecule has 0 aromatic carbocycles. The van der Waals surface area contributed by atoms with Crippen molar-refractivity contribution in [3.63, 3.8) is 0 Å². The molecule has 54 valence electrons. The van der Waals surface area contributed by atoms with Gasteiger partial charge >= 0.3 is 6.09 Å². The Kier molecular flexibility index (Phi) is 0.886. The molecule has 0 spiro atoms. The van der Waals surface area contributed by atoms with Gasteiger partial charge in [0.05, 0.1) is 0 Å². The predicted molar refractivity (Wildman–Crippen MR) is 35.3 cm³/mol. The lowest BCUT2D eigenvalue weighted by Crippen LogP contribution is -2.10. The minimum absolute atomic E-state index is 0.0544. The van der Waals surface area contributed by atoms with E-state index >= 15 is 0 Å². The molecule has 2 saturated heterocycles. The third-order valence-electron chi connectivity index (χ3n) is 2.02. The molecule has 0 aromatic rings. The van der Waals surface area contributed by atoms with E-state index in [2.05, 4.69) is 0 Å². The van der Waals surface area contributed by atoms with Crippen LogP contribution in [-0.4, -0.2) is 23.1 Å². The van der Waals surface area contributed by atoms with E-state index in [1.807, 2.05) is 19.9 Å². The maximum absolute atomic E-state index is 10.9. The topological polar surface area (TPSA) is 29.3 Å². The normalized spacial score (nSPS) is 40.0. The highest BCUT2D eigenvalue weighted by atomic mass is 16.6. The number of fused-ring (bicyclic) bond motifs is 1. The molecule has 3 heteroatoms. The number of hydrogen-bond acceptors (Lipinski definition) is 2. The van der Waals surface area contributed by atoms with Crippen molar-refractivity contribution in [2.75, 3.05) is 0 Å². The van der Waals surface area contributed by atoms with Gasteiger partial charge in [-0.1, -0.05) is 6.08 Å². The lowest BCUT2D eigenvalue weighted by molar-refractivity contribution is 0.134. The molecule has 2 fully saturated rings. The van der Waals surface area contributed by atoms with Crippen LogP contribution in [0, 0.1) is 0 Å². The zero-order chi connectivity index (χ0) is 7.30. The molecule has 2 aliphatic heterocycles. The summed E-state index contributed by atoms with van der Waals surface area (Å²) in [7, 11) is 0. The Labute approximate surface area is 59.3 Å². The van der Waals surface area contributed by atoms with Crippen LogP contribution in [0.4, 0.5) is 4.79 Å². The highest BCUT2D eigenvalue weighted by Gasteiger charge is 2.56. The minimum atomic E-state index is -0.189. The van der Waals surface area contributed by atoms with E-state index in [9.17, 15) is 4.79 Å². The van der Waals surface area contributed by atoms with Crippen molar-refractivity contribution in [3.8, 4) is 0 Å². The molecule has 0 saturated carbocycles. The van der Waals surface area contributed by atoms with Crippen LogP contribution in [0.25, 0.3) is 0 Å². The monoisotopic (exact) mass is 139 g/mol. The van der Waals surface area contributed by atoms with Gasteiger partial charge in [-0.2, -0.15) is 0 Å². The number of nitrogens with zero attached hydrogens (tertiary/aromatic N) is 1. The Morgan fingerprint density at radius 1 is 1.70 bits per heavy atom. The number of rotatable bonds is 0. The highest BCUT2D eigenvalue weighted by Crippen LogP contribution is 2.42. The number of amides is 1. The largest absolute Gasteiger partial charge is 0.443 e. The molecule has 2 heterocycles.